The van der Waals surface area contributed by atoms with Gasteiger partial charge in [0.2, 0.25) is 0 Å². The summed E-state index contributed by atoms with van der Waals surface area (Å²) < 4.78 is 21.6. The Morgan fingerprint density at radius 1 is 0.939 bits per heavy atom. The molecule has 0 bridgehead atoms. The second-order valence-corrected chi connectivity index (χ2v) is 7.42. The van der Waals surface area contributed by atoms with Crippen LogP contribution in [0, 0.1) is 0 Å². The lowest BCUT2D eigenvalue weighted by molar-refractivity contribution is -0.123. The number of benzene rings is 2. The first kappa shape index (κ1) is 24.1. The average Bonchev–Trinajstić information content (AvgIpc) is 3.37. The fourth-order valence-electron chi connectivity index (χ4n) is 3.02. The number of nitrogens with one attached hydrogen (secondary N) is 2. The molecule has 1 atom stereocenters. The Hall–Kier alpha value is -3.59. The van der Waals surface area contributed by atoms with E-state index < -0.39 is 17.8 Å². The van der Waals surface area contributed by atoms with Gasteiger partial charge < -0.3 is 18.9 Å². The monoisotopic (exact) mass is 456 g/mol. The quantitative estimate of drug-likeness (QED) is 0.418. The summed E-state index contributed by atoms with van der Waals surface area (Å²) in [5.74, 6) is -0.368. The maximum absolute atomic E-state index is 12.2. The molecule has 1 saturated heterocycles. The van der Waals surface area contributed by atoms with Crippen molar-refractivity contribution in [2.45, 2.75) is 32.3 Å². The van der Waals surface area contributed by atoms with Crippen LogP contribution in [0.15, 0.2) is 48.5 Å². The van der Waals surface area contributed by atoms with Gasteiger partial charge in [-0.05, 0) is 67.8 Å². The summed E-state index contributed by atoms with van der Waals surface area (Å²) in [6.45, 7) is 3.21. The van der Waals surface area contributed by atoms with Crippen LogP contribution < -0.4 is 20.3 Å². The summed E-state index contributed by atoms with van der Waals surface area (Å²) in [6.07, 6.45) is 2.90. The molecule has 0 saturated carbocycles. The van der Waals surface area contributed by atoms with E-state index in [0.717, 1.165) is 25.9 Å². The van der Waals surface area contributed by atoms with Crippen LogP contribution in [0.5, 0.6) is 11.5 Å². The van der Waals surface area contributed by atoms with E-state index in [4.69, 9.17) is 18.9 Å². The molecule has 9 heteroatoms. The Balaban J connectivity index is 1.36. The van der Waals surface area contributed by atoms with Gasteiger partial charge in [-0.3, -0.25) is 20.4 Å². The third-order valence-electron chi connectivity index (χ3n) is 4.79. The molecule has 2 aromatic carbocycles. The summed E-state index contributed by atoms with van der Waals surface area (Å²) in [4.78, 5) is 35.9. The Bertz CT molecular complexity index is 923. The summed E-state index contributed by atoms with van der Waals surface area (Å²) in [7, 11) is 0. The Morgan fingerprint density at radius 3 is 2.24 bits per heavy atom. The van der Waals surface area contributed by atoms with Crippen LogP contribution in [0.1, 0.15) is 46.9 Å². The maximum atomic E-state index is 12.2. The molecule has 2 N–H and O–H groups in total. The van der Waals surface area contributed by atoms with Gasteiger partial charge in [-0.25, -0.2) is 4.79 Å². The van der Waals surface area contributed by atoms with E-state index in [1.165, 1.54) is 0 Å². The first-order valence-corrected chi connectivity index (χ1v) is 10.9. The van der Waals surface area contributed by atoms with Gasteiger partial charge >= 0.3 is 5.97 Å². The van der Waals surface area contributed by atoms with Crippen molar-refractivity contribution < 1.29 is 33.3 Å². The van der Waals surface area contributed by atoms with Crippen molar-refractivity contribution in [3.8, 4) is 11.5 Å². The first-order valence-electron chi connectivity index (χ1n) is 10.9. The molecule has 3 rings (SSSR count). The van der Waals surface area contributed by atoms with Crippen LogP contribution in [0.3, 0.4) is 0 Å². The van der Waals surface area contributed by atoms with E-state index in [2.05, 4.69) is 10.9 Å². The van der Waals surface area contributed by atoms with Crippen LogP contribution in [0.2, 0.25) is 0 Å². The summed E-state index contributed by atoms with van der Waals surface area (Å²) in [5.41, 5.74) is 5.40. The van der Waals surface area contributed by atoms with Gasteiger partial charge in [0, 0.05) is 12.2 Å². The van der Waals surface area contributed by atoms with E-state index in [9.17, 15) is 14.4 Å². The Kier molecular flexibility index (Phi) is 9.08. The van der Waals surface area contributed by atoms with E-state index in [0.29, 0.717) is 35.8 Å². The number of esters is 1. The standard InChI is InChI=1S/C24H28N2O7/c1-2-13-31-24(29)18-7-11-20(12-8-18)33-16-22(27)25-26-23(28)17-5-9-19(10-6-17)32-15-21-4-3-14-30-21/h5-12,21H,2-4,13-16H2,1H3,(H,25,27)(H,26,28). The molecule has 2 aromatic rings. The molecule has 1 aliphatic heterocycles. The lowest BCUT2D eigenvalue weighted by Gasteiger charge is -2.12. The average molecular weight is 456 g/mol. The normalized spacial score (nSPS) is 14.9. The summed E-state index contributed by atoms with van der Waals surface area (Å²) in [5, 5.41) is 0. The number of hydrogen-bond donors (Lipinski definition) is 2. The second-order valence-electron chi connectivity index (χ2n) is 7.42. The number of hydrogen-bond acceptors (Lipinski definition) is 7. The number of amides is 2. The van der Waals surface area contributed by atoms with Gasteiger partial charge in [-0.2, -0.15) is 0 Å². The van der Waals surface area contributed by atoms with Gasteiger partial charge in [0.15, 0.2) is 6.61 Å². The zero-order valence-electron chi connectivity index (χ0n) is 18.5. The molecule has 0 radical (unpaired) electrons. The van der Waals surface area contributed by atoms with Gasteiger partial charge in [0.1, 0.15) is 18.1 Å². The minimum atomic E-state index is -0.536. The van der Waals surface area contributed by atoms with Crippen molar-refractivity contribution in [1.29, 1.82) is 0 Å². The van der Waals surface area contributed by atoms with Gasteiger partial charge in [-0.15, -0.1) is 0 Å². The van der Waals surface area contributed by atoms with E-state index in [1.54, 1.807) is 48.5 Å². The zero-order valence-corrected chi connectivity index (χ0v) is 18.5. The SMILES string of the molecule is CCCOC(=O)c1ccc(OCC(=O)NNC(=O)c2ccc(OCC3CCCO3)cc2)cc1. The van der Waals surface area contributed by atoms with Gasteiger partial charge in [-0.1, -0.05) is 6.92 Å². The fourth-order valence-corrected chi connectivity index (χ4v) is 3.02. The molecular weight excluding hydrogens is 428 g/mol. The third kappa shape index (κ3) is 7.80. The number of ether oxygens (including phenoxy) is 4. The van der Waals surface area contributed by atoms with E-state index in [-0.39, 0.29) is 12.7 Å². The minimum Gasteiger partial charge on any atom is -0.491 e. The van der Waals surface area contributed by atoms with Crippen LogP contribution in [-0.4, -0.2) is 50.3 Å². The molecule has 0 aliphatic carbocycles. The molecule has 33 heavy (non-hydrogen) atoms. The van der Waals surface area contributed by atoms with Crippen molar-refractivity contribution in [1.82, 2.24) is 10.9 Å². The number of carbonyl (C=O) groups is 3. The highest BCUT2D eigenvalue weighted by Crippen LogP contribution is 2.17. The molecular formula is C24H28N2O7. The molecule has 0 aromatic heterocycles. The van der Waals surface area contributed by atoms with E-state index >= 15 is 0 Å². The predicted octanol–water partition coefficient (Wildman–Crippen LogP) is 2.65. The predicted molar refractivity (Wildman–Crippen MR) is 119 cm³/mol. The van der Waals surface area contributed by atoms with E-state index in [1.807, 2.05) is 6.92 Å². The van der Waals surface area contributed by atoms with Crippen molar-refractivity contribution >= 4 is 17.8 Å². The van der Waals surface area contributed by atoms with Crippen LogP contribution in [0.25, 0.3) is 0 Å². The van der Waals surface area contributed by atoms with Crippen LogP contribution in [-0.2, 0) is 14.3 Å². The van der Waals surface area contributed by atoms with Crippen LogP contribution >= 0.6 is 0 Å². The van der Waals surface area contributed by atoms with Crippen LogP contribution in [0.4, 0.5) is 0 Å². The third-order valence-corrected chi connectivity index (χ3v) is 4.79. The number of hydrazine groups is 1. The molecule has 0 spiro atoms. The molecule has 1 aliphatic rings. The van der Waals surface area contributed by atoms with Crippen molar-refractivity contribution in [3.05, 3.63) is 59.7 Å². The molecule has 176 valence electrons. The highest BCUT2D eigenvalue weighted by atomic mass is 16.5. The molecule has 1 heterocycles. The Morgan fingerprint density at radius 2 is 1.61 bits per heavy atom. The molecule has 1 unspecified atom stereocenters. The first-order chi connectivity index (χ1) is 16.0. The molecule has 9 nitrogen and oxygen atoms in total. The summed E-state index contributed by atoms with van der Waals surface area (Å²) in [6, 6.07) is 12.8. The smallest absolute Gasteiger partial charge is 0.338 e. The highest BCUT2D eigenvalue weighted by molar-refractivity contribution is 5.95. The van der Waals surface area contributed by atoms with Gasteiger partial charge in [0.25, 0.3) is 11.8 Å². The fraction of sp³-hybridized carbons (Fsp3) is 0.375. The lowest BCUT2D eigenvalue weighted by atomic mass is 10.2. The van der Waals surface area contributed by atoms with Gasteiger partial charge in [0.05, 0.1) is 18.3 Å². The minimum absolute atomic E-state index is 0.116. The molecule has 1 fully saturated rings. The highest BCUT2D eigenvalue weighted by Gasteiger charge is 2.16. The second kappa shape index (κ2) is 12.4. The number of rotatable bonds is 10. The molecule has 2 amide bonds. The largest absolute Gasteiger partial charge is 0.491 e. The topological polar surface area (TPSA) is 112 Å². The van der Waals surface area contributed by atoms with Crippen molar-refractivity contribution in [2.75, 3.05) is 26.4 Å². The van der Waals surface area contributed by atoms with Crippen molar-refractivity contribution in [3.63, 3.8) is 0 Å². The Labute approximate surface area is 192 Å². The maximum Gasteiger partial charge on any atom is 0.338 e. The number of carbonyl (C=O) groups excluding carboxylic acids is 3. The summed E-state index contributed by atoms with van der Waals surface area (Å²) >= 11 is 0. The lowest BCUT2D eigenvalue weighted by Crippen LogP contribution is -2.43. The zero-order chi connectivity index (χ0) is 23.5. The van der Waals surface area contributed by atoms with Crippen molar-refractivity contribution in [2.24, 2.45) is 0 Å².